The first-order valence-corrected chi connectivity index (χ1v) is 8.34. The minimum absolute atomic E-state index is 0.142. The number of nitrogens with zero attached hydrogens (tertiary/aromatic N) is 1. The molecule has 24 heavy (non-hydrogen) atoms. The Labute approximate surface area is 146 Å². The maximum atomic E-state index is 12.4. The molecular weight excluding hydrogens is 332 g/mol. The third-order valence-corrected chi connectivity index (χ3v) is 4.59. The number of rotatable bonds is 4. The fourth-order valence-corrected chi connectivity index (χ4v) is 2.82. The zero-order valence-corrected chi connectivity index (χ0v) is 14.9. The minimum Gasteiger partial charge on any atom is -0.496 e. The van der Waals surface area contributed by atoms with Crippen LogP contribution in [0.15, 0.2) is 12.1 Å². The zero-order chi connectivity index (χ0) is 17.9. The standard InChI is InChI=1S/C17H23ClN2O4/c1-10-4-6-20(7-5-10)16(21)11(2)24-17(22)12-8-13(18)14(19)9-15(12)23-3/h8-11H,4-7,19H2,1-3H3. The zero-order valence-electron chi connectivity index (χ0n) is 14.2. The molecule has 132 valence electrons. The van der Waals surface area contributed by atoms with Crippen LogP contribution in [0.3, 0.4) is 0 Å². The Kier molecular flexibility index (Phi) is 5.94. The first kappa shape index (κ1) is 18.4. The van der Waals surface area contributed by atoms with Gasteiger partial charge in [0.1, 0.15) is 11.3 Å². The highest BCUT2D eigenvalue weighted by molar-refractivity contribution is 6.33. The lowest BCUT2D eigenvalue weighted by Crippen LogP contribution is -2.44. The van der Waals surface area contributed by atoms with Crippen LogP contribution in [0.4, 0.5) is 5.69 Å². The van der Waals surface area contributed by atoms with Crippen molar-refractivity contribution in [3.63, 3.8) is 0 Å². The van der Waals surface area contributed by atoms with Gasteiger partial charge >= 0.3 is 5.97 Å². The third-order valence-electron chi connectivity index (χ3n) is 4.27. The number of nitrogens with two attached hydrogens (primary N) is 1. The molecule has 1 aromatic carbocycles. The van der Waals surface area contributed by atoms with E-state index >= 15 is 0 Å². The first-order valence-electron chi connectivity index (χ1n) is 7.96. The van der Waals surface area contributed by atoms with Gasteiger partial charge in [0.2, 0.25) is 0 Å². The number of nitrogen functional groups attached to an aromatic ring is 1. The van der Waals surface area contributed by atoms with Crippen molar-refractivity contribution in [1.29, 1.82) is 0 Å². The molecule has 1 saturated heterocycles. The molecule has 6 nitrogen and oxygen atoms in total. The Bertz CT molecular complexity index is 627. The van der Waals surface area contributed by atoms with Crippen LogP contribution < -0.4 is 10.5 Å². The number of piperidine rings is 1. The number of carbonyl (C=O) groups excluding carboxylic acids is 2. The predicted octanol–water partition coefficient (Wildman–Crippen LogP) is 2.73. The number of carbonyl (C=O) groups is 2. The summed E-state index contributed by atoms with van der Waals surface area (Å²) in [5.74, 6) is 0.0252. The highest BCUT2D eigenvalue weighted by atomic mass is 35.5. The van der Waals surface area contributed by atoms with E-state index in [0.717, 1.165) is 12.8 Å². The summed E-state index contributed by atoms with van der Waals surface area (Å²) >= 11 is 5.96. The lowest BCUT2D eigenvalue weighted by atomic mass is 9.99. The van der Waals surface area contributed by atoms with Gasteiger partial charge in [0.15, 0.2) is 6.10 Å². The van der Waals surface area contributed by atoms with Crippen LogP contribution in [-0.2, 0) is 9.53 Å². The number of ether oxygens (including phenoxy) is 2. The summed E-state index contributed by atoms with van der Waals surface area (Å²) in [6, 6.07) is 2.84. The van der Waals surface area contributed by atoms with E-state index in [2.05, 4.69) is 6.92 Å². The number of methoxy groups -OCH3 is 1. The predicted molar refractivity (Wildman–Crippen MR) is 92.3 cm³/mol. The largest absolute Gasteiger partial charge is 0.496 e. The fourth-order valence-electron chi connectivity index (χ4n) is 2.66. The molecule has 1 heterocycles. The summed E-state index contributed by atoms with van der Waals surface area (Å²) in [5.41, 5.74) is 6.14. The van der Waals surface area contributed by atoms with E-state index in [1.807, 2.05) is 0 Å². The van der Waals surface area contributed by atoms with Crippen molar-refractivity contribution in [2.75, 3.05) is 25.9 Å². The molecular formula is C17H23ClN2O4. The molecule has 1 aliphatic heterocycles. The fraction of sp³-hybridized carbons (Fsp3) is 0.529. The van der Waals surface area contributed by atoms with Crippen molar-refractivity contribution >= 4 is 29.2 Å². The van der Waals surface area contributed by atoms with Gasteiger partial charge in [-0.25, -0.2) is 4.79 Å². The second-order valence-electron chi connectivity index (χ2n) is 6.13. The molecule has 0 radical (unpaired) electrons. The maximum Gasteiger partial charge on any atom is 0.342 e. The molecule has 1 aliphatic rings. The maximum absolute atomic E-state index is 12.4. The lowest BCUT2D eigenvalue weighted by Gasteiger charge is -2.31. The Morgan fingerprint density at radius 2 is 1.96 bits per heavy atom. The smallest absolute Gasteiger partial charge is 0.342 e. The molecule has 1 atom stereocenters. The summed E-state index contributed by atoms with van der Waals surface area (Å²) in [6.07, 6.45) is 1.06. The van der Waals surface area contributed by atoms with E-state index in [1.54, 1.807) is 11.8 Å². The van der Waals surface area contributed by atoms with Crippen LogP contribution in [-0.4, -0.2) is 43.1 Å². The summed E-state index contributed by atoms with van der Waals surface area (Å²) in [6.45, 7) is 5.13. The number of esters is 1. The van der Waals surface area contributed by atoms with E-state index in [-0.39, 0.29) is 22.2 Å². The Hall–Kier alpha value is -1.95. The monoisotopic (exact) mass is 354 g/mol. The van der Waals surface area contributed by atoms with Crippen LogP contribution in [0.1, 0.15) is 37.0 Å². The van der Waals surface area contributed by atoms with E-state index in [4.69, 9.17) is 26.8 Å². The molecule has 0 saturated carbocycles. The van der Waals surface area contributed by atoms with Crippen molar-refractivity contribution in [2.45, 2.75) is 32.8 Å². The molecule has 1 fully saturated rings. The SMILES string of the molecule is COc1cc(N)c(Cl)cc1C(=O)OC(C)C(=O)N1CCC(C)CC1. The van der Waals surface area contributed by atoms with Crippen LogP contribution in [0.25, 0.3) is 0 Å². The number of hydrogen-bond acceptors (Lipinski definition) is 5. The van der Waals surface area contributed by atoms with Crippen LogP contribution in [0, 0.1) is 5.92 Å². The number of amides is 1. The lowest BCUT2D eigenvalue weighted by molar-refractivity contribution is -0.141. The summed E-state index contributed by atoms with van der Waals surface area (Å²) < 4.78 is 10.4. The summed E-state index contributed by atoms with van der Waals surface area (Å²) in [5, 5.41) is 0.228. The van der Waals surface area contributed by atoms with Gasteiger partial charge in [0.05, 0.1) is 17.8 Å². The number of benzene rings is 1. The van der Waals surface area contributed by atoms with E-state index in [0.29, 0.717) is 24.7 Å². The molecule has 1 amide bonds. The van der Waals surface area contributed by atoms with Crippen molar-refractivity contribution in [3.05, 3.63) is 22.7 Å². The van der Waals surface area contributed by atoms with Crippen LogP contribution >= 0.6 is 11.6 Å². The van der Waals surface area contributed by atoms with Gasteiger partial charge in [-0.3, -0.25) is 4.79 Å². The van der Waals surface area contributed by atoms with Gasteiger partial charge < -0.3 is 20.1 Å². The van der Waals surface area contributed by atoms with Gasteiger partial charge in [-0.05, 0) is 31.7 Å². The molecule has 0 aromatic heterocycles. The normalized spacial score (nSPS) is 16.6. The molecule has 1 unspecified atom stereocenters. The second-order valence-corrected chi connectivity index (χ2v) is 6.54. The highest BCUT2D eigenvalue weighted by Gasteiger charge is 2.28. The van der Waals surface area contributed by atoms with Gasteiger partial charge in [0.25, 0.3) is 5.91 Å². The van der Waals surface area contributed by atoms with Gasteiger partial charge in [-0.15, -0.1) is 0 Å². The topological polar surface area (TPSA) is 81.9 Å². The first-order chi connectivity index (χ1) is 11.3. The van der Waals surface area contributed by atoms with E-state index in [9.17, 15) is 9.59 Å². The molecule has 2 N–H and O–H groups in total. The van der Waals surface area contributed by atoms with Gasteiger partial charge in [-0.2, -0.15) is 0 Å². The van der Waals surface area contributed by atoms with Crippen molar-refractivity contribution in [1.82, 2.24) is 4.90 Å². The van der Waals surface area contributed by atoms with E-state index < -0.39 is 12.1 Å². The molecule has 0 aliphatic carbocycles. The number of anilines is 1. The highest BCUT2D eigenvalue weighted by Crippen LogP contribution is 2.29. The molecule has 0 spiro atoms. The summed E-state index contributed by atoms with van der Waals surface area (Å²) in [4.78, 5) is 26.5. The van der Waals surface area contributed by atoms with Gasteiger partial charge in [0, 0.05) is 19.2 Å². The molecule has 1 aromatic rings. The minimum atomic E-state index is -0.869. The second kappa shape index (κ2) is 7.75. The Morgan fingerprint density at radius 1 is 1.33 bits per heavy atom. The summed E-state index contributed by atoms with van der Waals surface area (Å²) in [7, 11) is 1.42. The van der Waals surface area contributed by atoms with Crippen LogP contribution in [0.2, 0.25) is 5.02 Å². The quantitative estimate of drug-likeness (QED) is 0.664. The third kappa shape index (κ3) is 4.12. The number of halogens is 1. The van der Waals surface area contributed by atoms with Crippen LogP contribution in [0.5, 0.6) is 5.75 Å². The Balaban J connectivity index is 2.06. The number of likely N-dealkylation sites (tertiary alicyclic amines) is 1. The van der Waals surface area contributed by atoms with E-state index in [1.165, 1.54) is 19.2 Å². The van der Waals surface area contributed by atoms with Gasteiger partial charge in [-0.1, -0.05) is 18.5 Å². The molecule has 7 heteroatoms. The molecule has 2 rings (SSSR count). The Morgan fingerprint density at radius 3 is 2.54 bits per heavy atom. The van der Waals surface area contributed by atoms with Crippen molar-refractivity contribution < 1.29 is 19.1 Å². The average molecular weight is 355 g/mol. The average Bonchev–Trinajstić information content (AvgIpc) is 2.56. The molecule has 0 bridgehead atoms. The van der Waals surface area contributed by atoms with Crippen molar-refractivity contribution in [3.8, 4) is 5.75 Å². The number of hydrogen-bond donors (Lipinski definition) is 1. The van der Waals surface area contributed by atoms with Crippen molar-refractivity contribution in [2.24, 2.45) is 5.92 Å².